The molecule has 0 fully saturated rings. The van der Waals surface area contributed by atoms with Gasteiger partial charge in [-0.1, -0.05) is 72.6 Å². The van der Waals surface area contributed by atoms with Crippen LogP contribution in [0.4, 0.5) is 0 Å². The quantitative estimate of drug-likeness (QED) is 0.372. The SMILES string of the molecule is CCCCCC(C)C(N)C(=O)O.CCCCCCC(C)C(N)C(=O)O. The van der Waals surface area contributed by atoms with Crippen LogP contribution in [0.3, 0.4) is 0 Å². The topological polar surface area (TPSA) is 127 Å². The van der Waals surface area contributed by atoms with Crippen molar-refractivity contribution in [2.45, 2.75) is 97.6 Å². The lowest BCUT2D eigenvalue weighted by Crippen LogP contribution is -2.36. The van der Waals surface area contributed by atoms with Gasteiger partial charge in [-0.3, -0.25) is 9.59 Å². The number of carboxylic acid groups (broad SMARTS) is 2. The van der Waals surface area contributed by atoms with Crippen molar-refractivity contribution in [1.82, 2.24) is 0 Å². The summed E-state index contributed by atoms with van der Waals surface area (Å²) in [4.78, 5) is 21.0. The molecular formula is C19H40N2O4. The third kappa shape index (κ3) is 14.9. The molecular weight excluding hydrogens is 320 g/mol. The van der Waals surface area contributed by atoms with Crippen LogP contribution in [0.25, 0.3) is 0 Å². The van der Waals surface area contributed by atoms with Gasteiger partial charge in [-0.25, -0.2) is 0 Å². The molecule has 0 aliphatic rings. The molecule has 0 saturated heterocycles. The summed E-state index contributed by atoms with van der Waals surface area (Å²) in [6.07, 6.45) is 9.97. The van der Waals surface area contributed by atoms with Gasteiger partial charge in [0.15, 0.2) is 0 Å². The van der Waals surface area contributed by atoms with E-state index in [0.29, 0.717) is 0 Å². The molecule has 0 aliphatic carbocycles. The highest BCUT2D eigenvalue weighted by Crippen LogP contribution is 2.13. The van der Waals surface area contributed by atoms with E-state index in [2.05, 4.69) is 13.8 Å². The van der Waals surface area contributed by atoms with Crippen molar-refractivity contribution in [2.24, 2.45) is 23.3 Å². The van der Waals surface area contributed by atoms with Crippen molar-refractivity contribution in [3.05, 3.63) is 0 Å². The summed E-state index contributed by atoms with van der Waals surface area (Å²) in [5.74, 6) is -1.59. The highest BCUT2D eigenvalue weighted by Gasteiger charge is 2.19. The fourth-order valence-electron chi connectivity index (χ4n) is 2.46. The summed E-state index contributed by atoms with van der Waals surface area (Å²) < 4.78 is 0. The Hall–Kier alpha value is -1.14. The van der Waals surface area contributed by atoms with E-state index in [1.54, 1.807) is 0 Å². The van der Waals surface area contributed by atoms with Crippen LogP contribution >= 0.6 is 0 Å². The highest BCUT2D eigenvalue weighted by atomic mass is 16.4. The third-order valence-corrected chi connectivity index (χ3v) is 4.57. The molecule has 0 aromatic carbocycles. The van der Waals surface area contributed by atoms with Crippen LogP contribution < -0.4 is 11.5 Å². The van der Waals surface area contributed by atoms with Crippen molar-refractivity contribution < 1.29 is 19.8 Å². The van der Waals surface area contributed by atoms with Gasteiger partial charge in [0.2, 0.25) is 0 Å². The number of carboxylic acids is 2. The first-order valence-electron chi connectivity index (χ1n) is 9.65. The molecule has 0 amide bonds. The third-order valence-electron chi connectivity index (χ3n) is 4.57. The molecule has 0 radical (unpaired) electrons. The molecule has 0 aliphatic heterocycles. The lowest BCUT2D eigenvalue weighted by Gasteiger charge is -2.15. The molecule has 0 aromatic heterocycles. The van der Waals surface area contributed by atoms with Crippen LogP contribution in [0.15, 0.2) is 0 Å². The van der Waals surface area contributed by atoms with E-state index in [1.165, 1.54) is 19.3 Å². The number of nitrogens with two attached hydrogens (primary N) is 2. The van der Waals surface area contributed by atoms with Crippen molar-refractivity contribution in [2.75, 3.05) is 0 Å². The number of carbonyl (C=O) groups is 2. The minimum Gasteiger partial charge on any atom is -0.480 e. The van der Waals surface area contributed by atoms with Crippen molar-refractivity contribution in [3.63, 3.8) is 0 Å². The lowest BCUT2D eigenvalue weighted by molar-refractivity contribution is -0.140. The maximum Gasteiger partial charge on any atom is 0.320 e. The fraction of sp³-hybridized carbons (Fsp3) is 0.895. The normalized spacial score (nSPS) is 15.4. The average Bonchev–Trinajstić information content (AvgIpc) is 2.57. The van der Waals surface area contributed by atoms with E-state index in [9.17, 15) is 9.59 Å². The second-order valence-electron chi connectivity index (χ2n) is 7.03. The highest BCUT2D eigenvalue weighted by molar-refractivity contribution is 5.73. The lowest BCUT2D eigenvalue weighted by atomic mass is 9.96. The molecule has 6 N–H and O–H groups in total. The first-order valence-corrected chi connectivity index (χ1v) is 9.65. The molecule has 25 heavy (non-hydrogen) atoms. The van der Waals surface area contributed by atoms with Gasteiger partial charge in [0.25, 0.3) is 0 Å². The molecule has 0 heterocycles. The number of hydrogen-bond acceptors (Lipinski definition) is 4. The van der Waals surface area contributed by atoms with Gasteiger partial charge < -0.3 is 21.7 Å². The number of hydrogen-bond donors (Lipinski definition) is 4. The zero-order valence-corrected chi connectivity index (χ0v) is 16.5. The minimum atomic E-state index is -0.890. The first kappa shape index (κ1) is 26.1. The number of aliphatic carboxylic acids is 2. The molecule has 0 rings (SSSR count). The van der Waals surface area contributed by atoms with Crippen LogP contribution in [0.1, 0.15) is 85.5 Å². The van der Waals surface area contributed by atoms with E-state index < -0.39 is 24.0 Å². The van der Waals surface area contributed by atoms with Gasteiger partial charge in [-0.05, 0) is 24.7 Å². The summed E-state index contributed by atoms with van der Waals surface area (Å²) >= 11 is 0. The Morgan fingerprint density at radius 1 is 0.720 bits per heavy atom. The van der Waals surface area contributed by atoms with Gasteiger partial charge in [-0.15, -0.1) is 0 Å². The van der Waals surface area contributed by atoms with Gasteiger partial charge in [0, 0.05) is 0 Å². The zero-order chi connectivity index (χ0) is 19.8. The Kier molecular flexibility index (Phi) is 17.0. The monoisotopic (exact) mass is 360 g/mol. The second kappa shape index (κ2) is 16.3. The van der Waals surface area contributed by atoms with Crippen molar-refractivity contribution >= 4 is 11.9 Å². The molecule has 0 bridgehead atoms. The molecule has 6 nitrogen and oxygen atoms in total. The number of rotatable bonds is 13. The predicted octanol–water partition coefficient (Wildman–Crippen LogP) is 3.62. The summed E-state index contributed by atoms with van der Waals surface area (Å²) in [7, 11) is 0. The molecule has 4 atom stereocenters. The Morgan fingerprint density at radius 3 is 1.36 bits per heavy atom. The minimum absolute atomic E-state index is 0.0917. The Morgan fingerprint density at radius 2 is 1.04 bits per heavy atom. The maximum atomic E-state index is 10.5. The van der Waals surface area contributed by atoms with Gasteiger partial charge in [0.1, 0.15) is 12.1 Å². The Labute approximate surface area is 153 Å². The Bertz CT molecular complexity index is 350. The summed E-state index contributed by atoms with van der Waals surface area (Å²) in [5, 5.41) is 17.2. The Balaban J connectivity index is 0. The maximum absolute atomic E-state index is 10.5. The standard InChI is InChI=1S/C10H21NO2.C9H19NO2/c1-3-4-5-6-7-8(2)9(11)10(12)13;1-3-4-5-6-7(2)8(10)9(11)12/h8-9H,3-7,11H2,1-2H3,(H,12,13);7-8H,3-6,10H2,1-2H3,(H,11,12). The zero-order valence-electron chi connectivity index (χ0n) is 16.5. The van der Waals surface area contributed by atoms with Gasteiger partial charge >= 0.3 is 11.9 Å². The molecule has 150 valence electrons. The smallest absolute Gasteiger partial charge is 0.320 e. The summed E-state index contributed by atoms with van der Waals surface area (Å²) in [6.45, 7) is 8.09. The van der Waals surface area contributed by atoms with E-state index in [4.69, 9.17) is 21.7 Å². The van der Waals surface area contributed by atoms with E-state index in [0.717, 1.165) is 38.5 Å². The van der Waals surface area contributed by atoms with Gasteiger partial charge in [0.05, 0.1) is 0 Å². The molecule has 0 saturated carbocycles. The van der Waals surface area contributed by atoms with Gasteiger partial charge in [-0.2, -0.15) is 0 Å². The molecule has 6 heteroatoms. The van der Waals surface area contributed by atoms with Crippen LogP contribution in [0, 0.1) is 11.8 Å². The first-order chi connectivity index (χ1) is 11.7. The second-order valence-corrected chi connectivity index (χ2v) is 7.03. The predicted molar refractivity (Wildman–Crippen MR) is 102 cm³/mol. The number of unbranched alkanes of at least 4 members (excludes halogenated alkanes) is 5. The summed E-state index contributed by atoms with van der Waals surface area (Å²) in [6, 6.07) is -1.39. The largest absolute Gasteiger partial charge is 0.480 e. The van der Waals surface area contributed by atoms with Crippen molar-refractivity contribution in [3.8, 4) is 0 Å². The van der Waals surface area contributed by atoms with Crippen molar-refractivity contribution in [1.29, 1.82) is 0 Å². The van der Waals surface area contributed by atoms with Crippen LogP contribution in [-0.4, -0.2) is 34.2 Å². The van der Waals surface area contributed by atoms with E-state index in [-0.39, 0.29) is 11.8 Å². The molecule has 0 spiro atoms. The van der Waals surface area contributed by atoms with E-state index in [1.807, 2.05) is 13.8 Å². The molecule has 4 unspecified atom stereocenters. The van der Waals surface area contributed by atoms with E-state index >= 15 is 0 Å². The van der Waals surface area contributed by atoms with Crippen LogP contribution in [-0.2, 0) is 9.59 Å². The van der Waals surface area contributed by atoms with Crippen LogP contribution in [0.2, 0.25) is 0 Å². The fourth-order valence-corrected chi connectivity index (χ4v) is 2.46. The molecule has 0 aromatic rings. The summed E-state index contributed by atoms with van der Waals surface area (Å²) in [5.41, 5.74) is 10.9. The average molecular weight is 361 g/mol. The van der Waals surface area contributed by atoms with Crippen LogP contribution in [0.5, 0.6) is 0 Å².